The van der Waals surface area contributed by atoms with E-state index in [4.69, 9.17) is 0 Å². The predicted molar refractivity (Wildman–Crippen MR) is 124 cm³/mol. The third kappa shape index (κ3) is 4.90. The van der Waals surface area contributed by atoms with Crippen LogP contribution in [-0.2, 0) is 11.3 Å². The molecular weight excluding hydrogens is 446 g/mol. The van der Waals surface area contributed by atoms with E-state index in [1.807, 2.05) is 0 Å². The third-order valence-corrected chi connectivity index (χ3v) is 8.57. The number of nitrogens with zero attached hydrogens (tertiary/aromatic N) is 2. The number of hydrogen-bond acceptors (Lipinski definition) is 5. The fourth-order valence-corrected chi connectivity index (χ4v) is 5.22. The molecule has 1 aromatic rings. The van der Waals surface area contributed by atoms with Gasteiger partial charge in [-0.25, -0.2) is 4.68 Å². The minimum Gasteiger partial charge on any atom is -0.380 e. The van der Waals surface area contributed by atoms with Crippen LogP contribution in [0.1, 0.15) is 53.9 Å². The summed E-state index contributed by atoms with van der Waals surface area (Å²) in [6.07, 6.45) is 4.90. The van der Waals surface area contributed by atoms with Gasteiger partial charge >= 0.3 is 0 Å². The molecule has 5 atom stereocenters. The number of rotatable bonds is 6. The zero-order chi connectivity index (χ0) is 22.1. The van der Waals surface area contributed by atoms with Gasteiger partial charge < -0.3 is 16.0 Å². The number of nitrogens with one attached hydrogen (secondary N) is 3. The molecule has 2 fully saturated rings. The highest BCUT2D eigenvalue weighted by Crippen LogP contribution is 2.48. The summed E-state index contributed by atoms with van der Waals surface area (Å²) >= 11 is 3.44. The van der Waals surface area contributed by atoms with Crippen molar-refractivity contribution in [2.45, 2.75) is 72.5 Å². The van der Waals surface area contributed by atoms with Crippen LogP contribution < -0.4 is 21.5 Å². The molecule has 1 saturated heterocycles. The van der Waals surface area contributed by atoms with Gasteiger partial charge in [0.2, 0.25) is 5.91 Å². The molecular formula is C22H36BrN5O2. The van der Waals surface area contributed by atoms with Crippen molar-refractivity contribution in [1.29, 1.82) is 0 Å². The lowest BCUT2D eigenvalue weighted by atomic mass is 9.58. The van der Waals surface area contributed by atoms with Crippen molar-refractivity contribution in [2.24, 2.45) is 23.2 Å². The van der Waals surface area contributed by atoms with Crippen LogP contribution in [0.25, 0.3) is 0 Å². The van der Waals surface area contributed by atoms with E-state index in [9.17, 15) is 9.59 Å². The zero-order valence-corrected chi connectivity index (χ0v) is 20.4. The number of amides is 1. The normalized spacial score (nSPS) is 30.8. The summed E-state index contributed by atoms with van der Waals surface area (Å²) in [5, 5.41) is 14.0. The number of halogens is 1. The van der Waals surface area contributed by atoms with Gasteiger partial charge in [0.05, 0.1) is 11.9 Å². The van der Waals surface area contributed by atoms with E-state index in [1.165, 1.54) is 4.68 Å². The molecule has 3 N–H and O–H groups in total. The lowest BCUT2D eigenvalue weighted by Crippen LogP contribution is -2.48. The van der Waals surface area contributed by atoms with Gasteiger partial charge in [0.25, 0.3) is 5.56 Å². The second-order valence-corrected chi connectivity index (χ2v) is 10.6. The van der Waals surface area contributed by atoms with E-state index < -0.39 is 0 Å². The topological polar surface area (TPSA) is 88.1 Å². The molecule has 30 heavy (non-hydrogen) atoms. The molecule has 3 rings (SSSR count). The van der Waals surface area contributed by atoms with Crippen molar-refractivity contribution in [3.05, 3.63) is 21.0 Å². The average molecular weight is 482 g/mol. The lowest BCUT2D eigenvalue weighted by molar-refractivity contribution is -0.122. The van der Waals surface area contributed by atoms with Crippen LogP contribution in [-0.4, -0.2) is 40.9 Å². The van der Waals surface area contributed by atoms with E-state index >= 15 is 0 Å². The Balaban J connectivity index is 1.64. The number of carbonyl (C=O) groups is 1. The molecule has 8 heteroatoms. The SMILES string of the molecule is C[C@@H]1[C@@H](C)C(C)(C)[C@@H](C)C[C@H]1Nc1cnn(CC(=O)NC[C@H]2CCCN2)c(=O)c1Br. The van der Waals surface area contributed by atoms with Gasteiger partial charge in [-0.15, -0.1) is 0 Å². The second-order valence-electron chi connectivity index (χ2n) is 9.79. The first-order chi connectivity index (χ1) is 14.1. The van der Waals surface area contributed by atoms with E-state index in [0.29, 0.717) is 40.5 Å². The minimum atomic E-state index is -0.293. The van der Waals surface area contributed by atoms with Crippen LogP contribution in [0.5, 0.6) is 0 Å². The van der Waals surface area contributed by atoms with Crippen LogP contribution >= 0.6 is 15.9 Å². The summed E-state index contributed by atoms with van der Waals surface area (Å²) in [7, 11) is 0. The molecule has 1 aliphatic heterocycles. The molecule has 0 spiro atoms. The van der Waals surface area contributed by atoms with Crippen LogP contribution in [0, 0.1) is 23.2 Å². The van der Waals surface area contributed by atoms with Crippen molar-refractivity contribution < 1.29 is 4.79 Å². The van der Waals surface area contributed by atoms with Gasteiger partial charge in [-0.05, 0) is 64.9 Å². The highest BCUT2D eigenvalue weighted by atomic mass is 79.9. The summed E-state index contributed by atoms with van der Waals surface area (Å²) in [5.41, 5.74) is 0.694. The van der Waals surface area contributed by atoms with Crippen LogP contribution in [0.3, 0.4) is 0 Å². The summed E-state index contributed by atoms with van der Waals surface area (Å²) in [4.78, 5) is 25.0. The maximum Gasteiger partial charge on any atom is 0.283 e. The molecule has 0 bridgehead atoms. The molecule has 1 amide bonds. The van der Waals surface area contributed by atoms with Gasteiger partial charge in [-0.3, -0.25) is 9.59 Å². The van der Waals surface area contributed by atoms with E-state index in [2.05, 4.69) is 71.6 Å². The largest absolute Gasteiger partial charge is 0.380 e. The van der Waals surface area contributed by atoms with Crippen molar-refractivity contribution in [1.82, 2.24) is 20.4 Å². The molecule has 0 aromatic carbocycles. The maximum absolute atomic E-state index is 12.8. The maximum atomic E-state index is 12.8. The molecule has 0 unspecified atom stereocenters. The van der Waals surface area contributed by atoms with E-state index in [0.717, 1.165) is 25.8 Å². The lowest BCUT2D eigenvalue weighted by Gasteiger charge is -2.50. The fraction of sp³-hybridized carbons (Fsp3) is 0.773. The number of carbonyl (C=O) groups excluding carboxylic acids is 1. The van der Waals surface area contributed by atoms with Crippen LogP contribution in [0.4, 0.5) is 5.69 Å². The molecule has 2 heterocycles. The first-order valence-electron chi connectivity index (χ1n) is 11.1. The van der Waals surface area contributed by atoms with Crippen LogP contribution in [0.2, 0.25) is 0 Å². The Hall–Kier alpha value is -1.41. The Morgan fingerprint density at radius 1 is 1.37 bits per heavy atom. The summed E-state index contributed by atoms with van der Waals surface area (Å²) in [5.74, 6) is 1.41. The summed E-state index contributed by atoms with van der Waals surface area (Å²) in [6.45, 7) is 13.1. The second kappa shape index (κ2) is 9.39. The van der Waals surface area contributed by atoms with Crippen molar-refractivity contribution >= 4 is 27.5 Å². The summed E-state index contributed by atoms with van der Waals surface area (Å²) < 4.78 is 1.64. The number of aromatic nitrogens is 2. The molecule has 1 saturated carbocycles. The molecule has 168 valence electrons. The fourth-order valence-electron chi connectivity index (χ4n) is 4.80. The first-order valence-corrected chi connectivity index (χ1v) is 11.9. The monoisotopic (exact) mass is 481 g/mol. The molecule has 1 aromatic heterocycles. The molecule has 1 aliphatic carbocycles. The van der Waals surface area contributed by atoms with Crippen LogP contribution in [0.15, 0.2) is 15.5 Å². The quantitative estimate of drug-likeness (QED) is 0.581. The first kappa shape index (κ1) is 23.3. The standard InChI is InChI=1S/C22H36BrN5O2/c1-13-9-17(14(2)15(3)22(13,4)5)27-18-11-26-28(21(30)20(18)23)12-19(29)25-10-16-7-6-8-24-16/h11,13-17,24,27H,6-10,12H2,1-5H3,(H,25,29)/t13-,14+,15+,16+,17+/m0/s1. The number of anilines is 1. The van der Waals surface area contributed by atoms with Crippen molar-refractivity contribution in [3.63, 3.8) is 0 Å². The van der Waals surface area contributed by atoms with Gasteiger partial charge in [-0.2, -0.15) is 5.10 Å². The average Bonchev–Trinajstić information content (AvgIpc) is 3.22. The van der Waals surface area contributed by atoms with E-state index in [1.54, 1.807) is 6.20 Å². The van der Waals surface area contributed by atoms with Gasteiger partial charge in [0.1, 0.15) is 11.0 Å². The Bertz CT molecular complexity index is 818. The Kier molecular flexibility index (Phi) is 7.28. The Morgan fingerprint density at radius 3 is 2.77 bits per heavy atom. The highest BCUT2D eigenvalue weighted by Gasteiger charge is 2.43. The van der Waals surface area contributed by atoms with Crippen molar-refractivity contribution in [3.8, 4) is 0 Å². The van der Waals surface area contributed by atoms with E-state index in [-0.39, 0.29) is 29.5 Å². The van der Waals surface area contributed by atoms with Gasteiger partial charge in [0.15, 0.2) is 0 Å². The zero-order valence-electron chi connectivity index (χ0n) is 18.8. The Labute approximate surface area is 187 Å². The molecule has 7 nitrogen and oxygen atoms in total. The van der Waals surface area contributed by atoms with Gasteiger partial charge in [-0.1, -0.05) is 34.6 Å². The molecule has 0 radical (unpaired) electrons. The predicted octanol–water partition coefficient (Wildman–Crippen LogP) is 2.99. The summed E-state index contributed by atoms with van der Waals surface area (Å²) in [6, 6.07) is 0.600. The van der Waals surface area contributed by atoms with Gasteiger partial charge in [0, 0.05) is 18.6 Å². The third-order valence-electron chi connectivity index (χ3n) is 7.80. The van der Waals surface area contributed by atoms with Crippen molar-refractivity contribution in [2.75, 3.05) is 18.4 Å². The smallest absolute Gasteiger partial charge is 0.283 e. The molecule has 2 aliphatic rings. The highest BCUT2D eigenvalue weighted by molar-refractivity contribution is 9.10. The minimum absolute atomic E-state index is 0.0769. The Morgan fingerprint density at radius 2 is 2.10 bits per heavy atom. The number of hydrogen-bond donors (Lipinski definition) is 3.